The van der Waals surface area contributed by atoms with Crippen LogP contribution in [0.4, 0.5) is 5.69 Å². The van der Waals surface area contributed by atoms with Crippen molar-refractivity contribution in [1.82, 2.24) is 15.6 Å². The van der Waals surface area contributed by atoms with Gasteiger partial charge in [-0.3, -0.25) is 9.98 Å². The van der Waals surface area contributed by atoms with E-state index in [1.807, 2.05) is 25.4 Å². The molecule has 1 unspecified atom stereocenters. The number of fused-ring (bicyclic) bond motifs is 1. The molecular formula is C22H25BrIN5. The first kappa shape index (κ1) is 21.8. The Balaban J connectivity index is 0.00000240. The van der Waals surface area contributed by atoms with Crippen molar-refractivity contribution in [3.63, 3.8) is 0 Å². The Kier molecular flexibility index (Phi) is 7.71. The second-order valence-corrected chi connectivity index (χ2v) is 7.79. The highest BCUT2D eigenvalue weighted by molar-refractivity contribution is 14.0. The molecule has 2 N–H and O–H groups in total. The average molecular weight is 566 g/mol. The van der Waals surface area contributed by atoms with Gasteiger partial charge in [-0.25, -0.2) is 0 Å². The smallest absolute Gasteiger partial charge is 0.191 e. The molecule has 7 heteroatoms. The normalized spacial score (nSPS) is 16.6. The number of nitrogens with one attached hydrogen (secondary N) is 2. The number of rotatable bonds is 4. The maximum Gasteiger partial charge on any atom is 0.191 e. The number of nitrogens with zero attached hydrogens (tertiary/aromatic N) is 3. The Morgan fingerprint density at radius 1 is 1.17 bits per heavy atom. The molecule has 152 valence electrons. The summed E-state index contributed by atoms with van der Waals surface area (Å²) in [6, 6.07) is 19.1. The molecule has 29 heavy (non-hydrogen) atoms. The maximum absolute atomic E-state index is 4.55. The lowest BCUT2D eigenvalue weighted by molar-refractivity contribution is 0.647. The molecule has 1 atom stereocenters. The van der Waals surface area contributed by atoms with Gasteiger partial charge in [-0.1, -0.05) is 36.4 Å². The molecule has 0 saturated carbocycles. The molecule has 1 aliphatic rings. The highest BCUT2D eigenvalue weighted by Gasteiger charge is 2.24. The molecule has 0 spiro atoms. The van der Waals surface area contributed by atoms with Crippen molar-refractivity contribution in [3.8, 4) is 0 Å². The SMILES string of the molecule is CN=C(NCc1nccc2ccccc12)NC1CCN(c2ccccc2Br)C1.I. The van der Waals surface area contributed by atoms with E-state index < -0.39 is 0 Å². The molecular weight excluding hydrogens is 541 g/mol. The average Bonchev–Trinajstić information content (AvgIpc) is 3.19. The van der Waals surface area contributed by atoms with Gasteiger partial charge in [0.15, 0.2) is 5.96 Å². The predicted octanol–water partition coefficient (Wildman–Crippen LogP) is 4.56. The Morgan fingerprint density at radius 2 is 1.97 bits per heavy atom. The molecule has 1 aliphatic heterocycles. The minimum absolute atomic E-state index is 0. The third-order valence-electron chi connectivity index (χ3n) is 5.13. The summed E-state index contributed by atoms with van der Waals surface area (Å²) in [4.78, 5) is 11.4. The van der Waals surface area contributed by atoms with Crippen LogP contribution < -0.4 is 15.5 Å². The van der Waals surface area contributed by atoms with Crippen LogP contribution in [0.2, 0.25) is 0 Å². The van der Waals surface area contributed by atoms with Gasteiger partial charge < -0.3 is 15.5 Å². The highest BCUT2D eigenvalue weighted by Crippen LogP contribution is 2.28. The van der Waals surface area contributed by atoms with Gasteiger partial charge in [0.05, 0.1) is 17.9 Å². The number of hydrogen-bond acceptors (Lipinski definition) is 3. The van der Waals surface area contributed by atoms with Gasteiger partial charge in [0, 0.05) is 42.2 Å². The van der Waals surface area contributed by atoms with Crippen LogP contribution in [0.5, 0.6) is 0 Å². The Hall–Kier alpha value is -1.87. The van der Waals surface area contributed by atoms with Crippen LogP contribution >= 0.6 is 39.9 Å². The Bertz CT molecular complexity index is 988. The van der Waals surface area contributed by atoms with Gasteiger partial charge in [0.2, 0.25) is 0 Å². The predicted molar refractivity (Wildman–Crippen MR) is 135 cm³/mol. The maximum atomic E-state index is 4.55. The molecule has 0 aliphatic carbocycles. The fraction of sp³-hybridized carbons (Fsp3) is 0.273. The Labute approximate surface area is 197 Å². The number of aliphatic imine (C=N–C) groups is 1. The van der Waals surface area contributed by atoms with Crippen molar-refractivity contribution >= 4 is 62.3 Å². The fourth-order valence-electron chi connectivity index (χ4n) is 3.68. The summed E-state index contributed by atoms with van der Waals surface area (Å²) < 4.78 is 1.14. The van der Waals surface area contributed by atoms with Crippen molar-refractivity contribution in [2.45, 2.75) is 19.0 Å². The zero-order chi connectivity index (χ0) is 19.3. The summed E-state index contributed by atoms with van der Waals surface area (Å²) in [5.74, 6) is 0.814. The van der Waals surface area contributed by atoms with Gasteiger partial charge in [-0.2, -0.15) is 0 Å². The molecule has 0 amide bonds. The quantitative estimate of drug-likeness (QED) is 0.277. The number of halogens is 2. The molecule has 2 heterocycles. The molecule has 2 aromatic carbocycles. The number of benzene rings is 2. The van der Waals surface area contributed by atoms with Gasteiger partial charge in [0.1, 0.15) is 0 Å². The van der Waals surface area contributed by atoms with Crippen LogP contribution in [0, 0.1) is 0 Å². The second-order valence-electron chi connectivity index (χ2n) is 6.93. The Morgan fingerprint density at radius 3 is 2.79 bits per heavy atom. The largest absolute Gasteiger partial charge is 0.368 e. The summed E-state index contributed by atoms with van der Waals surface area (Å²) in [7, 11) is 1.81. The number of guanidine groups is 1. The molecule has 0 bridgehead atoms. The van der Waals surface area contributed by atoms with Gasteiger partial charge in [-0.15, -0.1) is 24.0 Å². The van der Waals surface area contributed by atoms with Crippen molar-refractivity contribution < 1.29 is 0 Å². The van der Waals surface area contributed by atoms with E-state index in [0.717, 1.165) is 35.6 Å². The minimum Gasteiger partial charge on any atom is -0.368 e. The lowest BCUT2D eigenvalue weighted by Crippen LogP contribution is -2.44. The second kappa shape index (κ2) is 10.2. The van der Waals surface area contributed by atoms with Crippen molar-refractivity contribution in [2.75, 3.05) is 25.0 Å². The van der Waals surface area contributed by atoms with Crippen LogP contribution in [-0.2, 0) is 6.54 Å². The van der Waals surface area contributed by atoms with Crippen molar-refractivity contribution in [2.24, 2.45) is 4.99 Å². The number of anilines is 1. The lowest BCUT2D eigenvalue weighted by Gasteiger charge is -2.21. The zero-order valence-corrected chi connectivity index (χ0v) is 20.2. The van der Waals surface area contributed by atoms with E-state index >= 15 is 0 Å². The molecule has 1 saturated heterocycles. The number of pyridine rings is 1. The van der Waals surface area contributed by atoms with Crippen LogP contribution in [0.15, 0.2) is 70.3 Å². The summed E-state index contributed by atoms with van der Waals surface area (Å²) in [6.45, 7) is 2.62. The van der Waals surface area contributed by atoms with Crippen LogP contribution in [0.1, 0.15) is 12.1 Å². The third-order valence-corrected chi connectivity index (χ3v) is 5.80. The van der Waals surface area contributed by atoms with E-state index in [4.69, 9.17) is 0 Å². The molecule has 4 rings (SSSR count). The van der Waals surface area contributed by atoms with Gasteiger partial charge >= 0.3 is 0 Å². The zero-order valence-electron chi connectivity index (χ0n) is 16.3. The van der Waals surface area contributed by atoms with Crippen LogP contribution in [0.3, 0.4) is 0 Å². The highest BCUT2D eigenvalue weighted by atomic mass is 127. The molecule has 1 fully saturated rings. The fourth-order valence-corrected chi connectivity index (χ4v) is 4.22. The van der Waals surface area contributed by atoms with E-state index in [0.29, 0.717) is 12.6 Å². The van der Waals surface area contributed by atoms with Gasteiger partial charge in [0.25, 0.3) is 0 Å². The molecule has 5 nitrogen and oxygen atoms in total. The standard InChI is InChI=1S/C22H24BrN5.HI/c1-24-22(26-14-20-18-7-3-2-6-16(18)10-12-25-20)27-17-11-13-28(15-17)21-9-5-4-8-19(21)23;/h2-10,12,17H,11,13-15H2,1H3,(H2,24,26,27);1H. The summed E-state index contributed by atoms with van der Waals surface area (Å²) in [5.41, 5.74) is 2.28. The number of aromatic nitrogens is 1. The van der Waals surface area contributed by atoms with Crippen molar-refractivity contribution in [3.05, 3.63) is 71.0 Å². The van der Waals surface area contributed by atoms with E-state index in [9.17, 15) is 0 Å². The van der Waals surface area contributed by atoms with Crippen molar-refractivity contribution in [1.29, 1.82) is 0 Å². The topological polar surface area (TPSA) is 52.6 Å². The summed E-state index contributed by atoms with van der Waals surface area (Å²) in [6.07, 6.45) is 2.94. The number of hydrogen-bond donors (Lipinski definition) is 2. The first-order valence-electron chi connectivity index (χ1n) is 9.54. The van der Waals surface area contributed by atoms with Crippen LogP contribution in [0.25, 0.3) is 10.8 Å². The monoisotopic (exact) mass is 565 g/mol. The summed E-state index contributed by atoms with van der Waals surface area (Å²) >= 11 is 3.66. The molecule has 3 aromatic rings. The van der Waals surface area contributed by atoms with Gasteiger partial charge in [-0.05, 0) is 45.9 Å². The van der Waals surface area contributed by atoms with E-state index in [1.165, 1.54) is 16.5 Å². The first-order valence-corrected chi connectivity index (χ1v) is 10.3. The third kappa shape index (κ3) is 5.19. The van der Waals surface area contributed by atoms with Crippen LogP contribution in [-0.4, -0.2) is 37.1 Å². The van der Waals surface area contributed by atoms with E-state index in [2.05, 4.69) is 83.9 Å². The van der Waals surface area contributed by atoms with E-state index in [1.54, 1.807) is 0 Å². The first-order chi connectivity index (χ1) is 13.7. The number of para-hydroxylation sites is 1. The molecule has 0 radical (unpaired) electrons. The lowest BCUT2D eigenvalue weighted by atomic mass is 10.1. The minimum atomic E-state index is 0. The van der Waals surface area contributed by atoms with E-state index in [-0.39, 0.29) is 24.0 Å². The molecule has 1 aromatic heterocycles. The summed E-state index contributed by atoms with van der Waals surface area (Å²) in [5, 5.41) is 9.36.